The molecule has 6 nitrogen and oxygen atoms in total. The molecule has 7 heteroatoms. The summed E-state index contributed by atoms with van der Waals surface area (Å²) >= 11 is 1.43. The molecule has 0 aliphatic carbocycles. The molecule has 0 spiro atoms. The fourth-order valence-electron chi connectivity index (χ4n) is 2.23. The first-order chi connectivity index (χ1) is 11.5. The first kappa shape index (κ1) is 16.1. The zero-order valence-electron chi connectivity index (χ0n) is 13.6. The number of hydrogen-bond donors (Lipinski definition) is 2. The number of pyridine rings is 2. The van der Waals surface area contributed by atoms with Gasteiger partial charge in [-0.05, 0) is 44.5 Å². The maximum Gasteiger partial charge on any atom is 0.277 e. The van der Waals surface area contributed by atoms with Gasteiger partial charge >= 0.3 is 0 Å². The quantitative estimate of drug-likeness (QED) is 0.754. The Kier molecular flexibility index (Phi) is 4.52. The molecule has 0 bridgehead atoms. The fraction of sp³-hybridized carbons (Fsp3) is 0.176. The summed E-state index contributed by atoms with van der Waals surface area (Å²) in [7, 11) is 0. The number of carbonyl (C=O) groups excluding carboxylic acids is 1. The minimum atomic E-state index is -0.256. The highest BCUT2D eigenvalue weighted by atomic mass is 32.1. The van der Waals surface area contributed by atoms with Gasteiger partial charge in [0.05, 0.1) is 16.9 Å². The Labute approximate surface area is 144 Å². The van der Waals surface area contributed by atoms with Crippen molar-refractivity contribution in [1.29, 1.82) is 0 Å². The molecule has 0 aromatic carbocycles. The average molecular weight is 339 g/mol. The summed E-state index contributed by atoms with van der Waals surface area (Å²) in [6.45, 7) is 5.72. The molecule has 0 saturated carbocycles. The molecule has 24 heavy (non-hydrogen) atoms. The predicted molar refractivity (Wildman–Crippen MR) is 96.0 cm³/mol. The van der Waals surface area contributed by atoms with Crippen LogP contribution in [-0.4, -0.2) is 20.9 Å². The van der Waals surface area contributed by atoms with E-state index in [2.05, 4.69) is 25.6 Å². The van der Waals surface area contributed by atoms with Gasteiger partial charge in [0.25, 0.3) is 5.91 Å². The van der Waals surface area contributed by atoms with Crippen LogP contribution in [0.2, 0.25) is 0 Å². The summed E-state index contributed by atoms with van der Waals surface area (Å²) in [5, 5.41) is 7.60. The third-order valence-electron chi connectivity index (χ3n) is 3.24. The van der Waals surface area contributed by atoms with Gasteiger partial charge in [0.15, 0.2) is 5.69 Å². The van der Waals surface area contributed by atoms with Gasteiger partial charge in [0.1, 0.15) is 5.00 Å². The van der Waals surface area contributed by atoms with Crippen LogP contribution in [-0.2, 0) is 0 Å². The van der Waals surface area contributed by atoms with Crippen molar-refractivity contribution in [1.82, 2.24) is 15.0 Å². The zero-order chi connectivity index (χ0) is 17.1. The van der Waals surface area contributed by atoms with E-state index in [0.717, 1.165) is 22.0 Å². The minimum absolute atomic E-state index is 0.256. The van der Waals surface area contributed by atoms with E-state index in [1.54, 1.807) is 24.7 Å². The van der Waals surface area contributed by atoms with Gasteiger partial charge in [-0.25, -0.2) is 4.98 Å². The molecular weight excluding hydrogens is 322 g/mol. The van der Waals surface area contributed by atoms with Crippen LogP contribution in [0, 0.1) is 20.8 Å². The number of rotatable bonds is 4. The molecule has 3 aromatic heterocycles. The first-order valence-electron chi connectivity index (χ1n) is 7.41. The van der Waals surface area contributed by atoms with E-state index in [1.165, 1.54) is 11.3 Å². The number of nitrogens with zero attached hydrogens (tertiary/aromatic N) is 3. The molecule has 0 aliphatic heterocycles. The van der Waals surface area contributed by atoms with Crippen LogP contribution in [0.4, 0.5) is 16.4 Å². The smallest absolute Gasteiger partial charge is 0.277 e. The molecule has 0 atom stereocenters. The largest absolute Gasteiger partial charge is 0.344 e. The molecule has 0 aliphatic rings. The van der Waals surface area contributed by atoms with E-state index in [-0.39, 0.29) is 5.91 Å². The van der Waals surface area contributed by atoms with Crippen molar-refractivity contribution >= 4 is 33.6 Å². The molecule has 3 rings (SSSR count). The lowest BCUT2D eigenvalue weighted by atomic mass is 10.3. The van der Waals surface area contributed by atoms with Crippen molar-refractivity contribution < 1.29 is 4.79 Å². The van der Waals surface area contributed by atoms with Crippen LogP contribution in [0.3, 0.4) is 0 Å². The van der Waals surface area contributed by atoms with E-state index in [9.17, 15) is 4.79 Å². The van der Waals surface area contributed by atoms with Crippen molar-refractivity contribution in [2.24, 2.45) is 0 Å². The molecule has 0 radical (unpaired) electrons. The van der Waals surface area contributed by atoms with Crippen LogP contribution < -0.4 is 10.6 Å². The molecular formula is C17H17N5OS. The van der Waals surface area contributed by atoms with Gasteiger partial charge in [-0.2, -0.15) is 0 Å². The average Bonchev–Trinajstić information content (AvgIpc) is 2.88. The maximum atomic E-state index is 12.6. The normalized spacial score (nSPS) is 10.5. The highest BCUT2D eigenvalue weighted by molar-refractivity contribution is 7.16. The molecule has 3 aromatic rings. The van der Waals surface area contributed by atoms with Crippen LogP contribution in [0.1, 0.15) is 26.8 Å². The number of aryl methyl sites for hydroxylation is 3. The molecule has 2 N–H and O–H groups in total. The summed E-state index contributed by atoms with van der Waals surface area (Å²) in [6, 6.07) is 5.53. The SMILES string of the molecule is Cc1cncc(Nc2sc(C)nc2C(=O)Nc2ccnc(C)c2)c1. The Morgan fingerprint density at radius 3 is 2.71 bits per heavy atom. The third-order valence-corrected chi connectivity index (χ3v) is 4.12. The second kappa shape index (κ2) is 6.76. The van der Waals surface area contributed by atoms with Gasteiger partial charge in [0.2, 0.25) is 0 Å². The summed E-state index contributed by atoms with van der Waals surface area (Å²) < 4.78 is 0. The van der Waals surface area contributed by atoms with Crippen molar-refractivity contribution in [2.45, 2.75) is 20.8 Å². The Morgan fingerprint density at radius 1 is 1.12 bits per heavy atom. The van der Waals surface area contributed by atoms with Crippen molar-refractivity contribution in [3.05, 3.63) is 58.7 Å². The standard InChI is InChI=1S/C17H17N5OS/c1-10-6-14(9-18-8-10)22-17-15(20-12(3)24-17)16(23)21-13-4-5-19-11(2)7-13/h4-9,22H,1-3H3,(H,19,21,23). The van der Waals surface area contributed by atoms with Crippen LogP contribution in [0.25, 0.3) is 0 Å². The molecule has 0 fully saturated rings. The van der Waals surface area contributed by atoms with Crippen LogP contribution in [0.5, 0.6) is 0 Å². The van der Waals surface area contributed by atoms with E-state index in [0.29, 0.717) is 16.4 Å². The van der Waals surface area contributed by atoms with Crippen molar-refractivity contribution in [3.63, 3.8) is 0 Å². The highest BCUT2D eigenvalue weighted by Gasteiger charge is 2.17. The van der Waals surface area contributed by atoms with Crippen LogP contribution in [0.15, 0.2) is 36.8 Å². The van der Waals surface area contributed by atoms with Gasteiger partial charge in [-0.15, -0.1) is 11.3 Å². The number of nitrogens with one attached hydrogen (secondary N) is 2. The minimum Gasteiger partial charge on any atom is -0.344 e. The molecule has 0 unspecified atom stereocenters. The Balaban J connectivity index is 1.84. The van der Waals surface area contributed by atoms with Crippen molar-refractivity contribution in [2.75, 3.05) is 10.6 Å². The van der Waals surface area contributed by atoms with E-state index >= 15 is 0 Å². The topological polar surface area (TPSA) is 79.8 Å². The zero-order valence-corrected chi connectivity index (χ0v) is 14.4. The third kappa shape index (κ3) is 3.75. The number of carbonyl (C=O) groups is 1. The maximum absolute atomic E-state index is 12.6. The lowest BCUT2D eigenvalue weighted by Gasteiger charge is -2.08. The Morgan fingerprint density at radius 2 is 1.96 bits per heavy atom. The van der Waals surface area contributed by atoms with Gasteiger partial charge in [-0.3, -0.25) is 14.8 Å². The summed E-state index contributed by atoms with van der Waals surface area (Å²) in [4.78, 5) is 25.2. The number of hydrogen-bond acceptors (Lipinski definition) is 6. The number of anilines is 3. The number of amides is 1. The molecule has 1 amide bonds. The molecule has 122 valence electrons. The lowest BCUT2D eigenvalue weighted by molar-refractivity contribution is 0.102. The number of aromatic nitrogens is 3. The van der Waals surface area contributed by atoms with E-state index < -0.39 is 0 Å². The number of thiazole rings is 1. The first-order valence-corrected chi connectivity index (χ1v) is 8.23. The molecule has 3 heterocycles. The van der Waals surface area contributed by atoms with Gasteiger partial charge in [0, 0.05) is 23.8 Å². The summed E-state index contributed by atoms with van der Waals surface area (Å²) in [5.41, 5.74) is 3.77. The predicted octanol–water partition coefficient (Wildman–Crippen LogP) is 3.85. The van der Waals surface area contributed by atoms with Gasteiger partial charge < -0.3 is 10.6 Å². The Bertz CT molecular complexity index is 890. The monoisotopic (exact) mass is 339 g/mol. The fourth-order valence-corrected chi connectivity index (χ4v) is 3.07. The van der Waals surface area contributed by atoms with E-state index in [4.69, 9.17) is 0 Å². The van der Waals surface area contributed by atoms with Crippen molar-refractivity contribution in [3.8, 4) is 0 Å². The summed E-state index contributed by atoms with van der Waals surface area (Å²) in [5.74, 6) is -0.256. The second-order valence-electron chi connectivity index (χ2n) is 5.43. The van der Waals surface area contributed by atoms with Gasteiger partial charge in [-0.1, -0.05) is 0 Å². The second-order valence-corrected chi connectivity index (χ2v) is 6.63. The highest BCUT2D eigenvalue weighted by Crippen LogP contribution is 2.28. The Hall–Kier alpha value is -2.80. The lowest BCUT2D eigenvalue weighted by Crippen LogP contribution is -2.14. The summed E-state index contributed by atoms with van der Waals surface area (Å²) in [6.07, 6.45) is 5.16. The molecule has 0 saturated heterocycles. The van der Waals surface area contributed by atoms with E-state index in [1.807, 2.05) is 32.9 Å². The van der Waals surface area contributed by atoms with Crippen LogP contribution >= 0.6 is 11.3 Å².